The molecule has 0 aromatic heterocycles. The Balaban J connectivity index is 1.93. The highest BCUT2D eigenvalue weighted by molar-refractivity contribution is 4.67. The van der Waals surface area contributed by atoms with E-state index >= 15 is 0 Å². The molecule has 2 unspecified atom stereocenters. The lowest BCUT2D eigenvalue weighted by Crippen LogP contribution is -2.28. The summed E-state index contributed by atoms with van der Waals surface area (Å²) in [5, 5.41) is 0. The van der Waals surface area contributed by atoms with E-state index in [0.29, 0.717) is 12.7 Å². The Bertz CT molecular complexity index is 156. The van der Waals surface area contributed by atoms with Crippen molar-refractivity contribution in [3.63, 3.8) is 0 Å². The number of nitrogens with two attached hydrogens (primary N) is 1. The van der Waals surface area contributed by atoms with Crippen molar-refractivity contribution in [2.45, 2.75) is 64.2 Å². The fourth-order valence-corrected chi connectivity index (χ4v) is 1.88. The fourth-order valence-electron chi connectivity index (χ4n) is 1.88. The molecule has 1 aliphatic heterocycles. The highest BCUT2D eigenvalue weighted by Crippen LogP contribution is 2.17. The minimum Gasteiger partial charge on any atom is -0.378 e. The summed E-state index contributed by atoms with van der Waals surface area (Å²) in [6, 6.07) is 0.189. The largest absolute Gasteiger partial charge is 0.378 e. The zero-order valence-corrected chi connectivity index (χ0v) is 10.1. The molecule has 0 amide bonds. The second-order valence-electron chi connectivity index (χ2n) is 4.71. The average Bonchev–Trinajstić information content (AvgIpc) is 2.67. The molecular formula is C12H25NO2. The number of rotatable bonds is 7. The van der Waals surface area contributed by atoms with Gasteiger partial charge in [0, 0.05) is 12.6 Å². The summed E-state index contributed by atoms with van der Waals surface area (Å²) in [6.45, 7) is 5.72. The predicted octanol–water partition coefficient (Wildman–Crippen LogP) is 2.09. The summed E-state index contributed by atoms with van der Waals surface area (Å²) in [6.07, 6.45) is 6.62. The lowest BCUT2D eigenvalue weighted by molar-refractivity contribution is 0.0640. The highest BCUT2D eigenvalue weighted by atomic mass is 16.5. The first-order valence-corrected chi connectivity index (χ1v) is 6.17. The standard InChI is InChI=1S/C12H25NO2/c1-10(2)15-9-11(13)5-3-6-12-7-4-8-14-12/h10-12H,3-9,13H2,1-2H3. The summed E-state index contributed by atoms with van der Waals surface area (Å²) >= 11 is 0. The fraction of sp³-hybridized carbons (Fsp3) is 1.00. The topological polar surface area (TPSA) is 44.5 Å². The van der Waals surface area contributed by atoms with Gasteiger partial charge in [-0.05, 0) is 46.0 Å². The van der Waals surface area contributed by atoms with Crippen LogP contribution in [0.2, 0.25) is 0 Å². The van der Waals surface area contributed by atoms with Crippen LogP contribution in [0.5, 0.6) is 0 Å². The normalized spacial score (nSPS) is 23.6. The second-order valence-corrected chi connectivity index (χ2v) is 4.71. The van der Waals surface area contributed by atoms with Crippen LogP contribution < -0.4 is 5.73 Å². The smallest absolute Gasteiger partial charge is 0.0620 e. The molecular weight excluding hydrogens is 190 g/mol. The van der Waals surface area contributed by atoms with Gasteiger partial charge >= 0.3 is 0 Å². The summed E-state index contributed by atoms with van der Waals surface area (Å²) in [7, 11) is 0. The molecule has 0 radical (unpaired) electrons. The Hall–Kier alpha value is -0.120. The summed E-state index contributed by atoms with van der Waals surface area (Å²) in [5.74, 6) is 0. The molecule has 0 aromatic carbocycles. The van der Waals surface area contributed by atoms with Crippen LogP contribution in [0.25, 0.3) is 0 Å². The average molecular weight is 215 g/mol. The van der Waals surface area contributed by atoms with Crippen molar-refractivity contribution >= 4 is 0 Å². The Morgan fingerprint density at radius 3 is 2.87 bits per heavy atom. The van der Waals surface area contributed by atoms with Crippen LogP contribution in [0.4, 0.5) is 0 Å². The van der Waals surface area contributed by atoms with E-state index in [2.05, 4.69) is 0 Å². The van der Waals surface area contributed by atoms with Gasteiger partial charge in [-0.25, -0.2) is 0 Å². The monoisotopic (exact) mass is 215 g/mol. The molecule has 2 N–H and O–H groups in total. The van der Waals surface area contributed by atoms with Crippen LogP contribution in [0.1, 0.15) is 46.0 Å². The molecule has 0 spiro atoms. The van der Waals surface area contributed by atoms with E-state index in [1.807, 2.05) is 13.8 Å². The van der Waals surface area contributed by atoms with E-state index in [-0.39, 0.29) is 12.1 Å². The van der Waals surface area contributed by atoms with Gasteiger partial charge in [-0.2, -0.15) is 0 Å². The number of hydrogen-bond acceptors (Lipinski definition) is 3. The van der Waals surface area contributed by atoms with Crippen molar-refractivity contribution in [1.29, 1.82) is 0 Å². The summed E-state index contributed by atoms with van der Waals surface area (Å²) < 4.78 is 11.0. The van der Waals surface area contributed by atoms with Crippen molar-refractivity contribution in [3.8, 4) is 0 Å². The van der Waals surface area contributed by atoms with E-state index < -0.39 is 0 Å². The maximum atomic E-state index is 5.94. The highest BCUT2D eigenvalue weighted by Gasteiger charge is 2.15. The molecule has 0 bridgehead atoms. The van der Waals surface area contributed by atoms with E-state index in [1.54, 1.807) is 0 Å². The van der Waals surface area contributed by atoms with Crippen molar-refractivity contribution < 1.29 is 9.47 Å². The minimum absolute atomic E-state index is 0.189. The van der Waals surface area contributed by atoms with Crippen LogP contribution in [0.15, 0.2) is 0 Å². The van der Waals surface area contributed by atoms with Gasteiger partial charge in [0.2, 0.25) is 0 Å². The molecule has 90 valence electrons. The molecule has 3 heteroatoms. The van der Waals surface area contributed by atoms with Gasteiger partial charge in [0.05, 0.1) is 18.8 Å². The van der Waals surface area contributed by atoms with E-state index in [4.69, 9.17) is 15.2 Å². The Morgan fingerprint density at radius 2 is 2.27 bits per heavy atom. The number of hydrogen-bond donors (Lipinski definition) is 1. The zero-order chi connectivity index (χ0) is 11.1. The van der Waals surface area contributed by atoms with Gasteiger partial charge in [0.1, 0.15) is 0 Å². The molecule has 1 rings (SSSR count). The third-order valence-electron chi connectivity index (χ3n) is 2.77. The van der Waals surface area contributed by atoms with Gasteiger partial charge in [-0.1, -0.05) is 0 Å². The molecule has 2 atom stereocenters. The van der Waals surface area contributed by atoms with E-state index in [9.17, 15) is 0 Å². The van der Waals surface area contributed by atoms with Gasteiger partial charge in [0.25, 0.3) is 0 Å². The third kappa shape index (κ3) is 6.13. The molecule has 1 fully saturated rings. The van der Waals surface area contributed by atoms with Gasteiger partial charge < -0.3 is 15.2 Å². The van der Waals surface area contributed by atoms with Crippen LogP contribution in [-0.2, 0) is 9.47 Å². The quantitative estimate of drug-likeness (QED) is 0.707. The van der Waals surface area contributed by atoms with E-state index in [0.717, 1.165) is 25.9 Å². The van der Waals surface area contributed by atoms with Gasteiger partial charge in [0.15, 0.2) is 0 Å². The first-order chi connectivity index (χ1) is 7.18. The molecule has 1 saturated heterocycles. The molecule has 3 nitrogen and oxygen atoms in total. The second kappa shape index (κ2) is 7.20. The molecule has 0 aromatic rings. The molecule has 1 heterocycles. The number of ether oxygens (including phenoxy) is 2. The molecule has 1 aliphatic rings. The molecule has 0 saturated carbocycles. The Labute approximate surface area is 93.3 Å². The third-order valence-corrected chi connectivity index (χ3v) is 2.77. The lowest BCUT2D eigenvalue weighted by atomic mass is 10.1. The minimum atomic E-state index is 0.189. The van der Waals surface area contributed by atoms with Gasteiger partial charge in [-0.15, -0.1) is 0 Å². The maximum absolute atomic E-state index is 5.94. The summed E-state index contributed by atoms with van der Waals surface area (Å²) in [4.78, 5) is 0. The zero-order valence-electron chi connectivity index (χ0n) is 10.1. The van der Waals surface area contributed by atoms with Crippen LogP contribution in [0.3, 0.4) is 0 Å². The van der Waals surface area contributed by atoms with Crippen molar-refractivity contribution in [3.05, 3.63) is 0 Å². The van der Waals surface area contributed by atoms with Crippen molar-refractivity contribution in [2.75, 3.05) is 13.2 Å². The van der Waals surface area contributed by atoms with Crippen LogP contribution in [0, 0.1) is 0 Å². The SMILES string of the molecule is CC(C)OCC(N)CCCC1CCCO1. The first-order valence-electron chi connectivity index (χ1n) is 6.17. The summed E-state index contributed by atoms with van der Waals surface area (Å²) in [5.41, 5.74) is 5.94. The van der Waals surface area contributed by atoms with Crippen molar-refractivity contribution in [1.82, 2.24) is 0 Å². The Kier molecular flexibility index (Phi) is 6.22. The molecule has 0 aliphatic carbocycles. The lowest BCUT2D eigenvalue weighted by Gasteiger charge is -2.15. The van der Waals surface area contributed by atoms with Gasteiger partial charge in [-0.3, -0.25) is 0 Å². The maximum Gasteiger partial charge on any atom is 0.0620 e. The van der Waals surface area contributed by atoms with Crippen LogP contribution >= 0.6 is 0 Å². The van der Waals surface area contributed by atoms with E-state index in [1.165, 1.54) is 12.8 Å². The van der Waals surface area contributed by atoms with Crippen LogP contribution in [-0.4, -0.2) is 31.5 Å². The molecule has 15 heavy (non-hydrogen) atoms. The first kappa shape index (κ1) is 12.9. The predicted molar refractivity (Wildman–Crippen MR) is 61.9 cm³/mol. The van der Waals surface area contributed by atoms with Crippen molar-refractivity contribution in [2.24, 2.45) is 5.73 Å². The Morgan fingerprint density at radius 1 is 1.47 bits per heavy atom.